The smallest absolute Gasteiger partial charge is 0.422 e. The Morgan fingerprint density at radius 2 is 1.63 bits per heavy atom. The number of fused-ring (bicyclic) bond motifs is 1. The molecule has 4 N–H and O–H groups in total. The summed E-state index contributed by atoms with van der Waals surface area (Å²) in [6.07, 6.45) is 0.521. The average Bonchev–Trinajstić information content (AvgIpc) is 3.54. The third-order valence-electron chi connectivity index (χ3n) is 9.74. The summed E-state index contributed by atoms with van der Waals surface area (Å²) >= 11 is 0. The van der Waals surface area contributed by atoms with Crippen molar-refractivity contribution in [3.8, 4) is 0 Å². The molecule has 336 valence electrons. The Labute approximate surface area is 349 Å². The molecule has 0 aromatic heterocycles. The molecule has 0 saturated carbocycles. The zero-order chi connectivity index (χ0) is 44.7. The third-order valence-corrected chi connectivity index (χ3v) is 9.74. The van der Waals surface area contributed by atoms with Crippen molar-refractivity contribution in [2.45, 2.75) is 166 Å². The average molecular weight is 855 g/mol. The fourth-order valence-electron chi connectivity index (χ4n) is 6.81. The minimum absolute atomic E-state index is 0.0234. The van der Waals surface area contributed by atoms with Gasteiger partial charge in [0.25, 0.3) is 0 Å². The summed E-state index contributed by atoms with van der Waals surface area (Å²) in [5, 5.41) is 25.7. The molecule has 2 aliphatic rings. The molecule has 6 atom stereocenters. The third kappa shape index (κ3) is 16.3. The zero-order valence-corrected chi connectivity index (χ0v) is 35.3. The van der Waals surface area contributed by atoms with Crippen molar-refractivity contribution in [1.82, 2.24) is 10.6 Å². The van der Waals surface area contributed by atoms with Crippen LogP contribution in [0.5, 0.6) is 0 Å². The van der Waals surface area contributed by atoms with Gasteiger partial charge in [0, 0.05) is 37.3 Å². The highest BCUT2D eigenvalue weighted by molar-refractivity contribution is 5.98. The second-order valence-corrected chi connectivity index (χ2v) is 16.2. The Morgan fingerprint density at radius 3 is 2.22 bits per heavy atom. The van der Waals surface area contributed by atoms with Gasteiger partial charge in [-0.25, -0.2) is 9.59 Å². The summed E-state index contributed by atoms with van der Waals surface area (Å²) in [6, 6.07) is 3.53. The molecule has 0 bridgehead atoms. The van der Waals surface area contributed by atoms with Crippen LogP contribution in [-0.2, 0) is 42.9 Å². The van der Waals surface area contributed by atoms with Crippen molar-refractivity contribution >= 4 is 35.8 Å². The largest absolute Gasteiger partial charge is 0.460 e. The Balaban J connectivity index is 1.89. The maximum absolute atomic E-state index is 14.0. The lowest BCUT2D eigenvalue weighted by molar-refractivity contribution is -0.190. The first-order chi connectivity index (χ1) is 28.2. The first-order valence-corrected chi connectivity index (χ1v) is 20.6. The van der Waals surface area contributed by atoms with Gasteiger partial charge in [0.05, 0.1) is 24.3 Å². The van der Waals surface area contributed by atoms with E-state index in [4.69, 9.17) is 18.9 Å². The number of carbonyl (C=O) groups is 5. The lowest BCUT2D eigenvalue weighted by atomic mass is 9.91. The van der Waals surface area contributed by atoms with Crippen molar-refractivity contribution in [2.75, 3.05) is 13.2 Å². The number of rotatable bonds is 22. The van der Waals surface area contributed by atoms with Gasteiger partial charge in [-0.1, -0.05) is 57.7 Å². The number of nitrogens with one attached hydrogen (secondary N) is 2. The molecule has 17 heteroatoms. The van der Waals surface area contributed by atoms with Crippen molar-refractivity contribution in [3.63, 3.8) is 0 Å². The van der Waals surface area contributed by atoms with Crippen molar-refractivity contribution in [1.29, 1.82) is 0 Å². The van der Waals surface area contributed by atoms with Crippen molar-refractivity contribution in [2.24, 2.45) is 0 Å². The molecular formula is C43H61F3N2O12. The normalized spacial score (nSPS) is 20.3. The van der Waals surface area contributed by atoms with E-state index in [-0.39, 0.29) is 36.0 Å². The number of alkyl halides is 3. The molecule has 0 spiro atoms. The number of esters is 3. The first-order valence-electron chi connectivity index (χ1n) is 20.6. The number of aliphatic hydroxyl groups excluding tert-OH is 2. The van der Waals surface area contributed by atoms with E-state index in [1.165, 1.54) is 25.1 Å². The Bertz CT molecular complexity index is 1660. The van der Waals surface area contributed by atoms with Crippen LogP contribution in [0, 0.1) is 0 Å². The van der Waals surface area contributed by atoms with Crippen molar-refractivity contribution < 1.29 is 71.0 Å². The van der Waals surface area contributed by atoms with Crippen LogP contribution in [0.15, 0.2) is 42.0 Å². The van der Waals surface area contributed by atoms with Crippen LogP contribution in [0.4, 0.5) is 13.2 Å². The predicted molar refractivity (Wildman–Crippen MR) is 213 cm³/mol. The second-order valence-electron chi connectivity index (χ2n) is 16.2. The van der Waals surface area contributed by atoms with Gasteiger partial charge in [-0.05, 0) is 70.7 Å². The van der Waals surface area contributed by atoms with E-state index >= 15 is 0 Å². The van der Waals surface area contributed by atoms with Crippen molar-refractivity contribution in [3.05, 3.63) is 53.1 Å². The van der Waals surface area contributed by atoms with Crippen LogP contribution in [0.2, 0.25) is 0 Å². The minimum atomic E-state index is -4.72. The SMILES string of the molecule is CCCCCC1(CCCCC)O[C@@H]2[C@@H](C=C(C(=O)N[C@@H](C(=O)N[C@H](CO)CCC(=O)OC(C)(C)C)[C@H](C)O)C[C@H]2OC(=O)c2ccccc2C=CC(=O)OCC(F)(F)F)O1. The summed E-state index contributed by atoms with van der Waals surface area (Å²) in [4.78, 5) is 65.5. The summed E-state index contributed by atoms with van der Waals surface area (Å²) in [5.41, 5.74) is -0.560. The summed E-state index contributed by atoms with van der Waals surface area (Å²) < 4.78 is 66.5. The summed E-state index contributed by atoms with van der Waals surface area (Å²) in [5.74, 6) is -5.34. The number of unbranched alkanes of at least 4 members (excludes halogenated alkanes) is 4. The Kier molecular flexibility index (Phi) is 19.2. The molecule has 1 aromatic rings. The maximum atomic E-state index is 14.0. The first kappa shape index (κ1) is 50.0. The molecule has 1 aromatic carbocycles. The fraction of sp³-hybridized carbons (Fsp3) is 0.651. The van der Waals surface area contributed by atoms with Gasteiger partial charge >= 0.3 is 24.1 Å². The Morgan fingerprint density at radius 1 is 0.983 bits per heavy atom. The maximum Gasteiger partial charge on any atom is 0.422 e. The van der Waals surface area contributed by atoms with Crippen LogP contribution in [0.25, 0.3) is 6.08 Å². The molecule has 3 rings (SSSR count). The molecule has 14 nitrogen and oxygen atoms in total. The van der Waals surface area contributed by atoms with E-state index in [1.54, 1.807) is 32.9 Å². The highest BCUT2D eigenvalue weighted by Gasteiger charge is 2.52. The van der Waals surface area contributed by atoms with Gasteiger partial charge < -0.3 is 44.5 Å². The number of ether oxygens (including phenoxy) is 5. The molecule has 1 fully saturated rings. The topological polar surface area (TPSA) is 196 Å². The lowest BCUT2D eigenvalue weighted by Crippen LogP contribution is -2.55. The molecule has 1 aliphatic heterocycles. The van der Waals surface area contributed by atoms with Crippen LogP contribution in [-0.4, -0.2) is 107 Å². The van der Waals surface area contributed by atoms with Crippen LogP contribution >= 0.6 is 0 Å². The van der Waals surface area contributed by atoms with E-state index in [9.17, 15) is 47.4 Å². The second kappa shape index (κ2) is 23.0. The fourth-order valence-corrected chi connectivity index (χ4v) is 6.81. The molecule has 1 saturated heterocycles. The van der Waals surface area contributed by atoms with Gasteiger partial charge in [-0.15, -0.1) is 0 Å². The highest BCUT2D eigenvalue weighted by atomic mass is 19.4. The molecular weight excluding hydrogens is 793 g/mol. The number of carbonyl (C=O) groups excluding carboxylic acids is 5. The number of hydrogen-bond donors (Lipinski definition) is 4. The van der Waals surface area contributed by atoms with E-state index < -0.39 is 97.0 Å². The monoisotopic (exact) mass is 854 g/mol. The summed E-state index contributed by atoms with van der Waals surface area (Å²) in [7, 11) is 0. The highest BCUT2D eigenvalue weighted by Crippen LogP contribution is 2.43. The van der Waals surface area contributed by atoms with Crippen LogP contribution in [0.3, 0.4) is 0 Å². The zero-order valence-electron chi connectivity index (χ0n) is 35.3. The van der Waals surface area contributed by atoms with Gasteiger partial charge in [0.2, 0.25) is 11.8 Å². The summed E-state index contributed by atoms with van der Waals surface area (Å²) in [6.45, 7) is 8.24. The standard InChI is InChI=1S/C43H61F3N2O12/c1-7-9-13-21-42(22-14-10-8-2)58-33-24-29(38(53)48-36(27(3)50)39(54)47-30(25-49)18-20-35(52)59-41(4,5)6)23-32(37(33)60-42)57-40(55)31-16-12-11-15-28(31)17-19-34(51)56-26-43(44,45)46/h11-12,15-17,19,24,27,30,32-33,36-37,49-50H,7-10,13-14,18,20-23,25-26H2,1-6H3,(H,47,54)(H,48,53)/t27-,30-,32+,33+,36+,37-/m0/s1. The van der Waals surface area contributed by atoms with Gasteiger partial charge in [-0.2, -0.15) is 13.2 Å². The molecule has 60 heavy (non-hydrogen) atoms. The van der Waals surface area contributed by atoms with Gasteiger partial charge in [0.1, 0.15) is 30.0 Å². The van der Waals surface area contributed by atoms with Gasteiger partial charge in [0.15, 0.2) is 12.4 Å². The number of aliphatic hydroxyl groups is 2. The van der Waals surface area contributed by atoms with E-state index in [2.05, 4.69) is 29.2 Å². The lowest BCUT2D eigenvalue weighted by Gasteiger charge is -2.32. The minimum Gasteiger partial charge on any atom is -0.460 e. The quantitative estimate of drug-likeness (QED) is 0.0477. The van der Waals surface area contributed by atoms with E-state index in [1.807, 2.05) is 0 Å². The molecule has 0 unspecified atom stereocenters. The van der Waals surface area contributed by atoms with E-state index in [0.29, 0.717) is 12.8 Å². The van der Waals surface area contributed by atoms with Gasteiger partial charge in [-0.3, -0.25) is 14.4 Å². The number of halogens is 3. The predicted octanol–water partition coefficient (Wildman–Crippen LogP) is 5.77. The number of amides is 2. The molecule has 0 radical (unpaired) electrons. The molecule has 1 heterocycles. The van der Waals surface area contributed by atoms with Crippen LogP contribution < -0.4 is 10.6 Å². The number of benzene rings is 1. The molecule has 2 amide bonds. The number of hydrogen-bond acceptors (Lipinski definition) is 12. The molecule has 1 aliphatic carbocycles. The van der Waals surface area contributed by atoms with Crippen LogP contribution in [0.1, 0.15) is 128 Å². The Hall–Kier alpha value is -4.32. The van der Waals surface area contributed by atoms with E-state index in [0.717, 1.165) is 50.7 Å².